The summed E-state index contributed by atoms with van der Waals surface area (Å²) in [5, 5.41) is 9.08. The van der Waals surface area contributed by atoms with Gasteiger partial charge in [0.05, 0.1) is 31.1 Å². The van der Waals surface area contributed by atoms with Crippen molar-refractivity contribution in [1.29, 1.82) is 5.26 Å². The molecule has 0 fully saturated rings. The first-order chi connectivity index (χ1) is 16.4. The van der Waals surface area contributed by atoms with Crippen LogP contribution in [0.1, 0.15) is 40.1 Å². The molecule has 2 aromatic heterocycles. The molecule has 184 valence electrons. The van der Waals surface area contributed by atoms with Crippen LogP contribution in [-0.2, 0) is 6.54 Å². The smallest absolute Gasteiger partial charge is 0.425 e. The second-order valence-corrected chi connectivity index (χ2v) is 7.48. The first-order valence-corrected chi connectivity index (χ1v) is 9.93. The summed E-state index contributed by atoms with van der Waals surface area (Å²) in [4.78, 5) is 24.9. The van der Waals surface area contributed by atoms with Gasteiger partial charge in [-0.25, -0.2) is 18.7 Å². The molecule has 2 heterocycles. The lowest BCUT2D eigenvalue weighted by Gasteiger charge is -2.18. The Morgan fingerprint density at radius 3 is 2.49 bits per heavy atom. The zero-order valence-electron chi connectivity index (χ0n) is 18.9. The zero-order chi connectivity index (χ0) is 26.1. The number of halogens is 5. The van der Waals surface area contributed by atoms with Gasteiger partial charge in [-0.2, -0.15) is 23.4 Å². The number of benzene rings is 1. The van der Waals surface area contributed by atoms with Crippen LogP contribution in [0, 0.1) is 37.9 Å². The Bertz CT molecular complexity index is 1380. The summed E-state index contributed by atoms with van der Waals surface area (Å²) in [6.45, 7) is 4.36. The minimum absolute atomic E-state index is 0.107. The van der Waals surface area contributed by atoms with E-state index in [4.69, 9.17) is 14.7 Å². The predicted molar refractivity (Wildman–Crippen MR) is 111 cm³/mol. The van der Waals surface area contributed by atoms with Crippen molar-refractivity contribution in [2.45, 2.75) is 39.7 Å². The molecule has 35 heavy (non-hydrogen) atoms. The van der Waals surface area contributed by atoms with Crippen LogP contribution >= 0.6 is 0 Å². The molecular weight excluding hydrogens is 477 g/mol. The van der Waals surface area contributed by atoms with Crippen molar-refractivity contribution >= 4 is 0 Å². The number of methoxy groups -OCH3 is 1. The lowest BCUT2D eigenvalue weighted by atomic mass is 10.1. The first kappa shape index (κ1) is 25.5. The summed E-state index contributed by atoms with van der Waals surface area (Å²) < 4.78 is 79.6. The van der Waals surface area contributed by atoms with Gasteiger partial charge < -0.3 is 9.47 Å². The molecule has 0 bridgehead atoms. The molecule has 3 aromatic rings. The van der Waals surface area contributed by atoms with E-state index in [1.54, 1.807) is 19.9 Å². The molecular formula is C22H18F5N5O3. The van der Waals surface area contributed by atoms with Gasteiger partial charge in [0.2, 0.25) is 17.8 Å². The van der Waals surface area contributed by atoms with Crippen molar-refractivity contribution in [2.24, 2.45) is 0 Å². The molecule has 0 aliphatic carbocycles. The molecule has 0 radical (unpaired) electrons. The topological polar surface area (TPSA) is 103 Å². The maximum Gasteiger partial charge on any atom is 0.425 e. The molecule has 0 saturated carbocycles. The summed E-state index contributed by atoms with van der Waals surface area (Å²) in [6.07, 6.45) is -8.41. The molecule has 3 rings (SSSR count). The highest BCUT2D eigenvalue weighted by atomic mass is 19.4. The average Bonchev–Trinajstić information content (AvgIpc) is 2.78. The zero-order valence-corrected chi connectivity index (χ0v) is 18.9. The van der Waals surface area contributed by atoms with Gasteiger partial charge in [-0.15, -0.1) is 0 Å². The number of hydrogen-bond acceptors (Lipinski definition) is 7. The maximum atomic E-state index is 14.6. The standard InChI is InChI=1S/C22H18F5N5O3/c1-10-5-13(7-28)16(23)15(6-10)35-18-17(19(24)22(25,26)27)29-9-32(21(18)33)8-14-11(2)30-12(3)31-20(14)34-4/h5-6,9,19H,8H2,1-4H3. The first-order valence-electron chi connectivity index (χ1n) is 9.93. The van der Waals surface area contributed by atoms with Crippen molar-refractivity contribution in [3.63, 3.8) is 0 Å². The lowest BCUT2D eigenvalue weighted by Crippen LogP contribution is -2.28. The van der Waals surface area contributed by atoms with Crippen LogP contribution in [0.4, 0.5) is 22.0 Å². The van der Waals surface area contributed by atoms with Crippen LogP contribution < -0.4 is 15.0 Å². The van der Waals surface area contributed by atoms with E-state index >= 15 is 0 Å². The molecule has 0 aliphatic heterocycles. The van der Waals surface area contributed by atoms with Gasteiger partial charge in [0.25, 0.3) is 5.56 Å². The molecule has 0 aliphatic rings. The van der Waals surface area contributed by atoms with Crippen molar-refractivity contribution in [1.82, 2.24) is 19.5 Å². The van der Waals surface area contributed by atoms with E-state index in [0.717, 1.165) is 10.6 Å². The van der Waals surface area contributed by atoms with E-state index in [9.17, 15) is 26.7 Å². The quantitative estimate of drug-likeness (QED) is 0.467. The Balaban J connectivity index is 2.20. The maximum absolute atomic E-state index is 14.6. The molecule has 0 N–H and O–H groups in total. The SMILES string of the molecule is COc1nc(C)nc(C)c1Cn1cnc(C(F)C(F)(F)F)c(Oc2cc(C)cc(C#N)c2F)c1=O. The van der Waals surface area contributed by atoms with Gasteiger partial charge >= 0.3 is 6.18 Å². The lowest BCUT2D eigenvalue weighted by molar-refractivity contribution is -0.184. The fourth-order valence-corrected chi connectivity index (χ4v) is 3.25. The van der Waals surface area contributed by atoms with E-state index in [2.05, 4.69) is 15.0 Å². The van der Waals surface area contributed by atoms with Crippen LogP contribution in [0.3, 0.4) is 0 Å². The predicted octanol–water partition coefficient (Wildman–Crippen LogP) is 4.39. The van der Waals surface area contributed by atoms with Gasteiger partial charge in [-0.05, 0) is 38.5 Å². The number of alkyl halides is 4. The summed E-state index contributed by atoms with van der Waals surface area (Å²) in [5.74, 6) is -2.67. The minimum Gasteiger partial charge on any atom is -0.481 e. The number of nitriles is 1. The molecule has 1 aromatic carbocycles. The van der Waals surface area contributed by atoms with Crippen LogP contribution in [-0.4, -0.2) is 32.8 Å². The Morgan fingerprint density at radius 2 is 1.89 bits per heavy atom. The van der Waals surface area contributed by atoms with Gasteiger partial charge in [0, 0.05) is 5.69 Å². The number of nitrogens with zero attached hydrogens (tertiary/aromatic N) is 5. The largest absolute Gasteiger partial charge is 0.481 e. The van der Waals surface area contributed by atoms with Gasteiger partial charge in [0.15, 0.2) is 11.6 Å². The number of aromatic nitrogens is 4. The molecule has 0 amide bonds. The third-order valence-electron chi connectivity index (χ3n) is 4.88. The normalized spacial score (nSPS) is 12.2. The molecule has 8 nitrogen and oxygen atoms in total. The molecule has 1 unspecified atom stereocenters. The number of hydrogen-bond donors (Lipinski definition) is 0. The Morgan fingerprint density at radius 1 is 1.20 bits per heavy atom. The highest BCUT2D eigenvalue weighted by Crippen LogP contribution is 2.39. The van der Waals surface area contributed by atoms with Gasteiger partial charge in [-0.1, -0.05) is 0 Å². The molecule has 0 saturated heterocycles. The Labute approximate surface area is 195 Å². The van der Waals surface area contributed by atoms with Crippen LogP contribution in [0.5, 0.6) is 17.4 Å². The van der Waals surface area contributed by atoms with E-state index in [1.807, 2.05) is 0 Å². The van der Waals surface area contributed by atoms with Crippen molar-refractivity contribution in [3.05, 3.63) is 68.5 Å². The molecule has 0 spiro atoms. The summed E-state index contributed by atoms with van der Waals surface area (Å²) >= 11 is 0. The van der Waals surface area contributed by atoms with E-state index in [1.165, 1.54) is 20.1 Å². The number of ether oxygens (including phenoxy) is 2. The van der Waals surface area contributed by atoms with E-state index in [-0.39, 0.29) is 12.4 Å². The summed E-state index contributed by atoms with van der Waals surface area (Å²) in [5.41, 5.74) is -2.06. The fraction of sp³-hybridized carbons (Fsp3) is 0.318. The van der Waals surface area contributed by atoms with Crippen LogP contribution in [0.15, 0.2) is 23.3 Å². The minimum atomic E-state index is -5.42. The molecule has 1 atom stereocenters. The highest BCUT2D eigenvalue weighted by molar-refractivity contribution is 5.45. The van der Waals surface area contributed by atoms with Crippen LogP contribution in [0.25, 0.3) is 0 Å². The summed E-state index contributed by atoms with van der Waals surface area (Å²) in [6, 6.07) is 3.80. The fourth-order valence-electron chi connectivity index (χ4n) is 3.25. The second-order valence-electron chi connectivity index (χ2n) is 7.48. The monoisotopic (exact) mass is 495 g/mol. The van der Waals surface area contributed by atoms with E-state index in [0.29, 0.717) is 29.0 Å². The third-order valence-corrected chi connectivity index (χ3v) is 4.88. The van der Waals surface area contributed by atoms with Gasteiger partial charge in [-0.3, -0.25) is 9.36 Å². The average molecular weight is 495 g/mol. The van der Waals surface area contributed by atoms with Crippen molar-refractivity contribution in [3.8, 4) is 23.4 Å². The van der Waals surface area contributed by atoms with Crippen LogP contribution in [0.2, 0.25) is 0 Å². The molecule has 13 heteroatoms. The number of aryl methyl sites for hydroxylation is 3. The highest BCUT2D eigenvalue weighted by Gasteiger charge is 2.45. The van der Waals surface area contributed by atoms with E-state index < -0.39 is 46.5 Å². The number of rotatable bonds is 6. The van der Waals surface area contributed by atoms with Crippen molar-refractivity contribution < 1.29 is 31.4 Å². The second kappa shape index (κ2) is 9.65. The third kappa shape index (κ3) is 5.21. The van der Waals surface area contributed by atoms with Crippen molar-refractivity contribution in [2.75, 3.05) is 7.11 Å². The van der Waals surface area contributed by atoms with Gasteiger partial charge in [0.1, 0.15) is 17.6 Å². The Kier molecular flexibility index (Phi) is 7.04. The Hall–Kier alpha value is -4.08. The summed E-state index contributed by atoms with van der Waals surface area (Å²) in [7, 11) is 1.33.